The number of hydrogen-bond donors (Lipinski definition) is 1. The van der Waals surface area contributed by atoms with E-state index >= 15 is 0 Å². The van der Waals surface area contributed by atoms with E-state index in [9.17, 15) is 4.79 Å². The number of rotatable bonds is 9. The van der Waals surface area contributed by atoms with Gasteiger partial charge in [-0.3, -0.25) is 9.69 Å². The Bertz CT molecular complexity index is 268. The van der Waals surface area contributed by atoms with Crippen LogP contribution in [0.4, 0.5) is 0 Å². The molecule has 0 aromatic rings. The molecule has 0 aromatic heterocycles. The predicted octanol–water partition coefficient (Wildman–Crippen LogP) is 1.28. The molecule has 1 aliphatic rings. The third-order valence-corrected chi connectivity index (χ3v) is 3.79. The molecule has 0 amide bonds. The third kappa shape index (κ3) is 5.77. The minimum absolute atomic E-state index is 0.156. The van der Waals surface area contributed by atoms with Crippen molar-refractivity contribution in [2.24, 2.45) is 5.92 Å². The van der Waals surface area contributed by atoms with Crippen molar-refractivity contribution in [3.8, 4) is 0 Å². The van der Waals surface area contributed by atoms with Gasteiger partial charge in [0.2, 0.25) is 0 Å². The van der Waals surface area contributed by atoms with E-state index in [0.717, 1.165) is 32.6 Å². The normalized spacial score (nSPS) is 18.2. The van der Waals surface area contributed by atoms with Crippen molar-refractivity contribution in [1.82, 2.24) is 10.2 Å². The number of ether oxygens (including phenoxy) is 2. The monoisotopic (exact) mass is 286 g/mol. The van der Waals surface area contributed by atoms with Gasteiger partial charge in [-0.2, -0.15) is 0 Å². The Hall–Kier alpha value is -0.650. The summed E-state index contributed by atoms with van der Waals surface area (Å²) >= 11 is 0. The summed E-state index contributed by atoms with van der Waals surface area (Å²) in [5, 5.41) is 3.38. The average Bonchev–Trinajstić information content (AvgIpc) is 2.46. The van der Waals surface area contributed by atoms with Gasteiger partial charge in [-0.25, -0.2) is 0 Å². The second-order valence-corrected chi connectivity index (χ2v) is 5.41. The van der Waals surface area contributed by atoms with Crippen molar-refractivity contribution in [3.05, 3.63) is 0 Å². The van der Waals surface area contributed by atoms with E-state index < -0.39 is 0 Å². The van der Waals surface area contributed by atoms with Crippen molar-refractivity contribution in [1.29, 1.82) is 0 Å². The van der Waals surface area contributed by atoms with E-state index in [0.29, 0.717) is 19.1 Å². The number of carbonyl (C=O) groups excluding carboxylic acids is 1. The molecule has 1 N–H and O–H groups in total. The van der Waals surface area contributed by atoms with Crippen LogP contribution in [-0.2, 0) is 14.3 Å². The summed E-state index contributed by atoms with van der Waals surface area (Å²) in [7, 11) is 1.64. The third-order valence-electron chi connectivity index (χ3n) is 3.79. The number of hydrogen-bond acceptors (Lipinski definition) is 5. The van der Waals surface area contributed by atoms with Crippen molar-refractivity contribution in [2.45, 2.75) is 39.2 Å². The molecule has 0 aromatic carbocycles. The summed E-state index contributed by atoms with van der Waals surface area (Å²) < 4.78 is 10.4. The quantitative estimate of drug-likeness (QED) is 0.647. The van der Waals surface area contributed by atoms with E-state index in [4.69, 9.17) is 9.47 Å². The van der Waals surface area contributed by atoms with E-state index in [1.165, 1.54) is 12.8 Å². The Morgan fingerprint density at radius 1 is 1.35 bits per heavy atom. The van der Waals surface area contributed by atoms with Crippen molar-refractivity contribution < 1.29 is 14.3 Å². The second-order valence-electron chi connectivity index (χ2n) is 5.41. The molecule has 0 spiro atoms. The van der Waals surface area contributed by atoms with Gasteiger partial charge in [-0.15, -0.1) is 0 Å². The number of methoxy groups -OCH3 is 1. The molecule has 0 saturated carbocycles. The summed E-state index contributed by atoms with van der Waals surface area (Å²) in [5.74, 6) is 0.508. The fourth-order valence-electron chi connectivity index (χ4n) is 2.78. The molecule has 1 fully saturated rings. The van der Waals surface area contributed by atoms with E-state index in [-0.39, 0.29) is 12.0 Å². The Balaban J connectivity index is 2.64. The standard InChI is InChI=1S/C15H30N2O3/c1-4-10-17(11-13-6-8-16-9-7-13)14(12-19-3)15(18)20-5-2/h13-14,16H,4-12H2,1-3H3. The molecule has 0 aliphatic carbocycles. The highest BCUT2D eigenvalue weighted by Crippen LogP contribution is 2.16. The molecule has 1 unspecified atom stereocenters. The molecule has 20 heavy (non-hydrogen) atoms. The lowest BCUT2D eigenvalue weighted by Gasteiger charge is -2.34. The zero-order valence-corrected chi connectivity index (χ0v) is 13.2. The first-order chi connectivity index (χ1) is 9.72. The smallest absolute Gasteiger partial charge is 0.325 e. The van der Waals surface area contributed by atoms with Gasteiger partial charge in [0, 0.05) is 13.7 Å². The summed E-state index contributed by atoms with van der Waals surface area (Å²) in [5.41, 5.74) is 0. The largest absolute Gasteiger partial charge is 0.465 e. The maximum atomic E-state index is 12.1. The van der Waals surface area contributed by atoms with Crippen LogP contribution in [0.1, 0.15) is 33.1 Å². The number of nitrogens with zero attached hydrogens (tertiary/aromatic N) is 1. The van der Waals surface area contributed by atoms with Crippen LogP contribution < -0.4 is 5.32 Å². The van der Waals surface area contributed by atoms with E-state index in [2.05, 4.69) is 17.1 Å². The number of esters is 1. The molecule has 0 radical (unpaired) electrons. The SMILES string of the molecule is CCCN(CC1CCNCC1)C(COC)C(=O)OCC. The molecule has 1 aliphatic heterocycles. The Labute approximate surface area is 123 Å². The molecule has 118 valence electrons. The van der Waals surface area contributed by atoms with Crippen molar-refractivity contribution in [2.75, 3.05) is 46.5 Å². The minimum atomic E-state index is -0.269. The van der Waals surface area contributed by atoms with Crippen LogP contribution in [0.2, 0.25) is 0 Å². The maximum absolute atomic E-state index is 12.1. The number of nitrogens with one attached hydrogen (secondary N) is 1. The molecular weight excluding hydrogens is 256 g/mol. The highest BCUT2D eigenvalue weighted by Gasteiger charge is 2.29. The predicted molar refractivity (Wildman–Crippen MR) is 79.8 cm³/mol. The summed E-state index contributed by atoms with van der Waals surface area (Å²) in [6, 6.07) is -0.269. The van der Waals surface area contributed by atoms with Gasteiger partial charge in [-0.1, -0.05) is 6.92 Å². The first-order valence-electron chi connectivity index (χ1n) is 7.83. The Morgan fingerprint density at radius 3 is 2.60 bits per heavy atom. The molecule has 1 saturated heterocycles. The van der Waals surface area contributed by atoms with Crippen LogP contribution >= 0.6 is 0 Å². The van der Waals surface area contributed by atoms with Gasteiger partial charge in [0.15, 0.2) is 0 Å². The Kier molecular flexibility index (Phi) is 8.82. The molecule has 1 atom stereocenters. The molecule has 1 heterocycles. The Morgan fingerprint density at radius 2 is 2.05 bits per heavy atom. The number of piperidine rings is 1. The maximum Gasteiger partial charge on any atom is 0.325 e. The zero-order chi connectivity index (χ0) is 14.8. The van der Waals surface area contributed by atoms with E-state index in [1.54, 1.807) is 7.11 Å². The van der Waals surface area contributed by atoms with Gasteiger partial charge < -0.3 is 14.8 Å². The lowest BCUT2D eigenvalue weighted by Crippen LogP contribution is -2.48. The van der Waals surface area contributed by atoms with E-state index in [1.807, 2.05) is 6.92 Å². The first-order valence-corrected chi connectivity index (χ1v) is 7.83. The van der Waals surface area contributed by atoms with Crippen LogP contribution in [0.5, 0.6) is 0 Å². The van der Waals surface area contributed by atoms with Gasteiger partial charge in [-0.05, 0) is 51.7 Å². The molecule has 5 nitrogen and oxygen atoms in total. The van der Waals surface area contributed by atoms with Crippen LogP contribution in [0.15, 0.2) is 0 Å². The second kappa shape index (κ2) is 10.1. The van der Waals surface area contributed by atoms with Crippen LogP contribution in [0.3, 0.4) is 0 Å². The van der Waals surface area contributed by atoms with Crippen LogP contribution in [0, 0.1) is 5.92 Å². The summed E-state index contributed by atoms with van der Waals surface area (Å²) in [6.07, 6.45) is 3.40. The summed E-state index contributed by atoms with van der Waals surface area (Å²) in [4.78, 5) is 14.4. The van der Waals surface area contributed by atoms with Gasteiger partial charge in [0.05, 0.1) is 13.2 Å². The molecule has 1 rings (SSSR count). The number of carbonyl (C=O) groups is 1. The fourth-order valence-corrected chi connectivity index (χ4v) is 2.78. The molecule has 5 heteroatoms. The van der Waals surface area contributed by atoms with Gasteiger partial charge in [0.1, 0.15) is 6.04 Å². The highest BCUT2D eigenvalue weighted by molar-refractivity contribution is 5.76. The summed E-state index contributed by atoms with van der Waals surface area (Å²) in [6.45, 7) is 8.86. The fraction of sp³-hybridized carbons (Fsp3) is 0.933. The lowest BCUT2D eigenvalue weighted by molar-refractivity contribution is -0.152. The molecule has 0 bridgehead atoms. The van der Waals surface area contributed by atoms with Crippen LogP contribution in [0.25, 0.3) is 0 Å². The average molecular weight is 286 g/mol. The topological polar surface area (TPSA) is 50.8 Å². The first kappa shape index (κ1) is 17.4. The van der Waals surface area contributed by atoms with Crippen molar-refractivity contribution >= 4 is 5.97 Å². The highest BCUT2D eigenvalue weighted by atomic mass is 16.5. The zero-order valence-electron chi connectivity index (χ0n) is 13.2. The van der Waals surface area contributed by atoms with Gasteiger partial charge in [0.25, 0.3) is 0 Å². The van der Waals surface area contributed by atoms with Crippen molar-refractivity contribution in [3.63, 3.8) is 0 Å². The van der Waals surface area contributed by atoms with Gasteiger partial charge >= 0.3 is 5.97 Å². The van der Waals surface area contributed by atoms with Crippen LogP contribution in [-0.4, -0.2) is 63.4 Å². The lowest BCUT2D eigenvalue weighted by atomic mass is 9.96. The molecular formula is C15H30N2O3. The minimum Gasteiger partial charge on any atom is -0.465 e.